The number of hydrogen-bond acceptors (Lipinski definition) is 6. The topological polar surface area (TPSA) is 95.8 Å². The van der Waals surface area contributed by atoms with Crippen LogP contribution in [0.3, 0.4) is 0 Å². The van der Waals surface area contributed by atoms with Crippen molar-refractivity contribution in [3.05, 3.63) is 187 Å². The SMILES string of the molecule is CN1C=C[N-]C1=CC(=O)C(F)(F)F.[Ir+3].[c-]1c(-n2nc3ccccc3n2)c2ccccc2c2ccccc12.[c-]1c(-n2nc3ccccc3n2)c2ccccc2c2ccccc12. The molecule has 0 unspecified atom stereocenters. The maximum atomic E-state index is 11.8. The standard InChI is InChI=1S/2C20H12N3.C7H7F3N2O.Ir/c2*1-2-8-15-14(7-1)13-20(17-10-4-3-9-16(15)17)23-21-18-11-5-6-12-19(18)22-23;1-12-3-2-11-6(12)4-5(13)7(8,9)10;/h2*1-12H;2-4H,1H3,(H,11,13);/q2*-1;;+3/p-1. The van der Waals surface area contributed by atoms with Gasteiger partial charge in [0.1, 0.15) is 22.1 Å². The quantitative estimate of drug-likeness (QED) is 0.0994. The summed E-state index contributed by atoms with van der Waals surface area (Å²) in [7, 11) is 1.50. The van der Waals surface area contributed by atoms with E-state index in [0.29, 0.717) is 6.08 Å². The van der Waals surface area contributed by atoms with E-state index in [1.54, 1.807) is 9.59 Å². The smallest absolute Gasteiger partial charge is 0.452 e. The Balaban J connectivity index is 0.000000129. The van der Waals surface area contributed by atoms with Crippen LogP contribution in [-0.2, 0) is 24.9 Å². The number of benzene rings is 8. The molecule has 8 aromatic carbocycles. The third kappa shape index (κ3) is 7.83. The van der Waals surface area contributed by atoms with Gasteiger partial charge in [-0.1, -0.05) is 144 Å². The molecule has 13 heteroatoms. The Morgan fingerprint density at radius 2 is 0.900 bits per heavy atom. The molecular formula is C47H30F3IrN8O. The zero-order chi connectivity index (χ0) is 40.5. The summed E-state index contributed by atoms with van der Waals surface area (Å²) < 4.78 is 35.3. The Morgan fingerprint density at radius 1 is 0.550 bits per heavy atom. The van der Waals surface area contributed by atoms with Gasteiger partial charge in [-0.3, -0.25) is 4.79 Å². The normalized spacial score (nSPS) is 13.0. The molecule has 0 fully saturated rings. The molecule has 1 aliphatic heterocycles. The van der Waals surface area contributed by atoms with Gasteiger partial charge < -0.3 is 10.2 Å². The zero-order valence-corrected chi connectivity index (χ0v) is 33.9. The minimum absolute atomic E-state index is 0. The van der Waals surface area contributed by atoms with E-state index < -0.39 is 12.0 Å². The second kappa shape index (κ2) is 16.6. The van der Waals surface area contributed by atoms with Crippen molar-refractivity contribution < 1.29 is 38.1 Å². The number of carbonyl (C=O) groups excluding carboxylic acids is 1. The van der Waals surface area contributed by atoms with Crippen molar-refractivity contribution in [2.24, 2.45) is 0 Å². The van der Waals surface area contributed by atoms with Gasteiger partial charge in [0.15, 0.2) is 0 Å². The second-order valence-electron chi connectivity index (χ2n) is 13.5. The summed E-state index contributed by atoms with van der Waals surface area (Å²) in [5.41, 5.74) is 5.32. The van der Waals surface area contributed by atoms with E-state index in [-0.39, 0.29) is 25.9 Å². The summed E-state index contributed by atoms with van der Waals surface area (Å²) in [6.07, 6.45) is -1.60. The molecule has 0 amide bonds. The van der Waals surface area contributed by atoms with Crippen LogP contribution < -0.4 is 0 Å². The summed E-state index contributed by atoms with van der Waals surface area (Å²) in [4.78, 5) is 15.2. The number of aromatic nitrogens is 6. The molecule has 10 aromatic rings. The van der Waals surface area contributed by atoms with Crippen LogP contribution in [0, 0.1) is 12.1 Å². The van der Waals surface area contributed by atoms with Crippen LogP contribution in [0.2, 0.25) is 0 Å². The number of carbonyl (C=O) groups is 1. The van der Waals surface area contributed by atoms with Crippen LogP contribution in [0.1, 0.15) is 0 Å². The average molecular weight is 972 g/mol. The first-order valence-electron chi connectivity index (χ1n) is 18.4. The number of rotatable bonds is 3. The van der Waals surface area contributed by atoms with Crippen molar-refractivity contribution in [2.45, 2.75) is 6.18 Å². The van der Waals surface area contributed by atoms with E-state index in [4.69, 9.17) is 0 Å². The van der Waals surface area contributed by atoms with Gasteiger partial charge in [-0.2, -0.15) is 22.8 Å². The van der Waals surface area contributed by atoms with Crippen molar-refractivity contribution >= 4 is 70.9 Å². The van der Waals surface area contributed by atoms with Gasteiger partial charge in [0.2, 0.25) is 0 Å². The number of halogens is 3. The van der Waals surface area contributed by atoms with Gasteiger partial charge in [-0.05, 0) is 30.3 Å². The monoisotopic (exact) mass is 972 g/mol. The van der Waals surface area contributed by atoms with Crippen LogP contribution in [0.4, 0.5) is 13.2 Å². The van der Waals surface area contributed by atoms with Crippen molar-refractivity contribution in [2.75, 3.05) is 7.05 Å². The molecule has 0 saturated heterocycles. The van der Waals surface area contributed by atoms with Crippen molar-refractivity contribution in [3.63, 3.8) is 0 Å². The molecule has 0 aliphatic carbocycles. The molecule has 0 radical (unpaired) electrons. The minimum atomic E-state index is -4.83. The first-order valence-corrected chi connectivity index (χ1v) is 18.4. The fourth-order valence-electron chi connectivity index (χ4n) is 6.84. The summed E-state index contributed by atoms with van der Waals surface area (Å²) >= 11 is 0. The Morgan fingerprint density at radius 3 is 1.27 bits per heavy atom. The van der Waals surface area contributed by atoms with Gasteiger partial charge in [0.05, 0.1) is 0 Å². The molecule has 0 atom stereocenters. The first-order chi connectivity index (χ1) is 28.7. The van der Waals surface area contributed by atoms with E-state index in [1.165, 1.54) is 45.9 Å². The Hall–Kier alpha value is -7.21. The predicted molar refractivity (Wildman–Crippen MR) is 225 cm³/mol. The summed E-state index contributed by atoms with van der Waals surface area (Å²) in [6.45, 7) is 0. The van der Waals surface area contributed by atoms with E-state index in [1.807, 2.05) is 72.8 Å². The van der Waals surface area contributed by atoms with Crippen LogP contribution in [0.25, 0.3) is 81.8 Å². The molecular weight excluding hydrogens is 942 g/mol. The number of allylic oxidation sites excluding steroid dienone is 1. The Bertz CT molecular complexity index is 3010. The van der Waals surface area contributed by atoms with Crippen LogP contribution in [0.5, 0.6) is 0 Å². The largest absolute Gasteiger partial charge is 3.00 e. The second-order valence-corrected chi connectivity index (χ2v) is 13.5. The fraction of sp³-hybridized carbons (Fsp3) is 0.0426. The molecule has 11 rings (SSSR count). The molecule has 0 bridgehead atoms. The van der Waals surface area contributed by atoms with Crippen LogP contribution in [-0.4, -0.2) is 53.9 Å². The van der Waals surface area contributed by atoms with Gasteiger partial charge in [-0.15, -0.1) is 78.3 Å². The maximum absolute atomic E-state index is 11.8. The third-order valence-electron chi connectivity index (χ3n) is 9.68. The number of nitrogens with zero attached hydrogens (tertiary/aromatic N) is 8. The molecule has 1 aliphatic rings. The van der Waals surface area contributed by atoms with Crippen LogP contribution in [0.15, 0.2) is 170 Å². The molecule has 60 heavy (non-hydrogen) atoms. The predicted octanol–water partition coefficient (Wildman–Crippen LogP) is 10.8. The molecule has 0 saturated carbocycles. The van der Waals surface area contributed by atoms with E-state index in [0.717, 1.165) is 55.0 Å². The van der Waals surface area contributed by atoms with Crippen molar-refractivity contribution in [1.82, 2.24) is 34.9 Å². The fourth-order valence-corrected chi connectivity index (χ4v) is 6.84. The zero-order valence-electron chi connectivity index (χ0n) is 31.5. The number of fused-ring (bicyclic) bond motifs is 8. The van der Waals surface area contributed by atoms with Crippen molar-refractivity contribution in [3.8, 4) is 11.4 Å². The summed E-state index contributed by atoms with van der Waals surface area (Å²) in [6, 6.07) is 56.0. The van der Waals surface area contributed by atoms with E-state index in [9.17, 15) is 18.0 Å². The molecule has 294 valence electrons. The molecule has 9 nitrogen and oxygen atoms in total. The van der Waals surface area contributed by atoms with Crippen molar-refractivity contribution in [1.29, 1.82) is 0 Å². The van der Waals surface area contributed by atoms with E-state index >= 15 is 0 Å². The third-order valence-corrected chi connectivity index (χ3v) is 9.68. The van der Waals surface area contributed by atoms with Gasteiger partial charge in [-0.25, -0.2) is 0 Å². The molecule has 2 aromatic heterocycles. The Kier molecular flexibility index (Phi) is 10.9. The Labute approximate surface area is 354 Å². The van der Waals surface area contributed by atoms with E-state index in [2.05, 4.69) is 111 Å². The van der Waals surface area contributed by atoms with Gasteiger partial charge in [0, 0.05) is 11.4 Å². The molecule has 3 heterocycles. The number of alkyl halides is 3. The number of hydrogen-bond donors (Lipinski definition) is 0. The molecule has 0 spiro atoms. The van der Waals surface area contributed by atoms with Gasteiger partial charge in [0.25, 0.3) is 5.78 Å². The molecule has 0 N–H and O–H groups in total. The number of ketones is 1. The van der Waals surface area contributed by atoms with Gasteiger partial charge >= 0.3 is 26.3 Å². The summed E-state index contributed by atoms with van der Waals surface area (Å²) in [5, 5.41) is 31.1. The summed E-state index contributed by atoms with van der Waals surface area (Å²) in [5.74, 6) is -1.91. The maximum Gasteiger partial charge on any atom is 3.00 e. The minimum Gasteiger partial charge on any atom is -0.452 e. The average Bonchev–Trinajstić information content (AvgIpc) is 4.01. The van der Waals surface area contributed by atoms with Crippen LogP contribution >= 0.6 is 0 Å². The first kappa shape index (κ1) is 39.6.